The fraction of sp³-hybridized carbons (Fsp3) is 0.611. The third kappa shape index (κ3) is 5.43. The number of hydrogen-bond acceptors (Lipinski definition) is 4. The van der Waals surface area contributed by atoms with Crippen molar-refractivity contribution in [2.24, 2.45) is 5.73 Å². The van der Waals surface area contributed by atoms with E-state index in [9.17, 15) is 4.79 Å². The summed E-state index contributed by atoms with van der Waals surface area (Å²) in [6.07, 6.45) is 4.25. The molecule has 0 aliphatic heterocycles. The summed E-state index contributed by atoms with van der Waals surface area (Å²) in [7, 11) is 3.19. The standard InChI is InChI=1S/C18H30N2O3/c1-5-7-11-20(12-8-6-2)17(18(19)21)14-9-10-15(22-3)16(13-14)23-4/h9-10,13,17H,5-8,11-12H2,1-4H3,(H2,19,21). The Labute approximate surface area is 139 Å². The minimum Gasteiger partial charge on any atom is -0.493 e. The van der Waals surface area contributed by atoms with Gasteiger partial charge in [-0.2, -0.15) is 0 Å². The second-order valence-corrected chi connectivity index (χ2v) is 5.66. The molecule has 1 amide bonds. The van der Waals surface area contributed by atoms with Gasteiger partial charge in [0.2, 0.25) is 5.91 Å². The van der Waals surface area contributed by atoms with Crippen LogP contribution in [0.25, 0.3) is 0 Å². The molecule has 23 heavy (non-hydrogen) atoms. The van der Waals surface area contributed by atoms with Crippen LogP contribution in [0.1, 0.15) is 51.1 Å². The van der Waals surface area contributed by atoms with E-state index in [4.69, 9.17) is 15.2 Å². The van der Waals surface area contributed by atoms with Crippen molar-refractivity contribution in [1.82, 2.24) is 4.90 Å². The molecule has 0 bridgehead atoms. The first kappa shape index (κ1) is 19.3. The van der Waals surface area contributed by atoms with E-state index >= 15 is 0 Å². The molecule has 0 saturated carbocycles. The third-order valence-corrected chi connectivity index (χ3v) is 3.96. The van der Waals surface area contributed by atoms with Crippen LogP contribution >= 0.6 is 0 Å². The van der Waals surface area contributed by atoms with Crippen LogP contribution in [-0.2, 0) is 4.79 Å². The molecule has 1 rings (SSSR count). The highest BCUT2D eigenvalue weighted by atomic mass is 16.5. The maximum Gasteiger partial charge on any atom is 0.239 e. The first-order valence-electron chi connectivity index (χ1n) is 8.34. The fourth-order valence-electron chi connectivity index (χ4n) is 2.67. The molecule has 1 unspecified atom stereocenters. The smallest absolute Gasteiger partial charge is 0.239 e. The van der Waals surface area contributed by atoms with Crippen molar-refractivity contribution in [3.63, 3.8) is 0 Å². The van der Waals surface area contributed by atoms with Crippen LogP contribution < -0.4 is 15.2 Å². The highest BCUT2D eigenvalue weighted by Crippen LogP contribution is 2.32. The maximum atomic E-state index is 12.1. The number of benzene rings is 1. The molecule has 5 nitrogen and oxygen atoms in total. The zero-order valence-electron chi connectivity index (χ0n) is 14.8. The Morgan fingerprint density at radius 3 is 2.09 bits per heavy atom. The number of rotatable bonds is 11. The quantitative estimate of drug-likeness (QED) is 0.680. The van der Waals surface area contributed by atoms with Gasteiger partial charge in [-0.15, -0.1) is 0 Å². The lowest BCUT2D eigenvalue weighted by molar-refractivity contribution is -0.123. The summed E-state index contributed by atoms with van der Waals surface area (Å²) in [5.74, 6) is 0.930. The number of amides is 1. The van der Waals surface area contributed by atoms with Crippen molar-refractivity contribution >= 4 is 5.91 Å². The average molecular weight is 322 g/mol. The molecular formula is C18H30N2O3. The number of primary amides is 1. The summed E-state index contributed by atoms with van der Waals surface area (Å²) >= 11 is 0. The molecule has 0 spiro atoms. The zero-order valence-corrected chi connectivity index (χ0v) is 14.8. The largest absolute Gasteiger partial charge is 0.493 e. The van der Waals surface area contributed by atoms with E-state index in [0.29, 0.717) is 11.5 Å². The van der Waals surface area contributed by atoms with Crippen molar-refractivity contribution < 1.29 is 14.3 Å². The van der Waals surface area contributed by atoms with Crippen LogP contribution in [0.15, 0.2) is 18.2 Å². The Hall–Kier alpha value is -1.75. The van der Waals surface area contributed by atoms with Gasteiger partial charge in [0.05, 0.1) is 14.2 Å². The molecule has 2 N–H and O–H groups in total. The van der Waals surface area contributed by atoms with E-state index in [2.05, 4.69) is 18.7 Å². The molecule has 0 saturated heterocycles. The molecule has 0 fully saturated rings. The molecule has 0 radical (unpaired) electrons. The topological polar surface area (TPSA) is 64.8 Å². The van der Waals surface area contributed by atoms with Crippen molar-refractivity contribution in [3.05, 3.63) is 23.8 Å². The van der Waals surface area contributed by atoms with Gasteiger partial charge in [0, 0.05) is 0 Å². The number of nitrogens with zero attached hydrogens (tertiary/aromatic N) is 1. The van der Waals surface area contributed by atoms with E-state index in [1.807, 2.05) is 18.2 Å². The Kier molecular flexibility index (Phi) is 8.48. The Balaban J connectivity index is 3.13. The van der Waals surface area contributed by atoms with Gasteiger partial charge >= 0.3 is 0 Å². The summed E-state index contributed by atoms with van der Waals surface area (Å²) < 4.78 is 10.6. The van der Waals surface area contributed by atoms with E-state index in [0.717, 1.165) is 44.3 Å². The molecule has 1 aromatic rings. The normalized spacial score (nSPS) is 12.2. The fourth-order valence-corrected chi connectivity index (χ4v) is 2.67. The highest BCUT2D eigenvalue weighted by molar-refractivity contribution is 5.81. The SMILES string of the molecule is CCCCN(CCCC)C(C(N)=O)c1ccc(OC)c(OC)c1. The van der Waals surface area contributed by atoms with Crippen LogP contribution in [0.5, 0.6) is 11.5 Å². The predicted molar refractivity (Wildman–Crippen MR) is 92.9 cm³/mol. The second kappa shape index (κ2) is 10.1. The summed E-state index contributed by atoms with van der Waals surface area (Å²) in [6, 6.07) is 5.12. The molecule has 130 valence electrons. The van der Waals surface area contributed by atoms with Gasteiger partial charge < -0.3 is 15.2 Å². The van der Waals surface area contributed by atoms with E-state index in [1.54, 1.807) is 14.2 Å². The number of carbonyl (C=O) groups excluding carboxylic acids is 1. The number of ether oxygens (including phenoxy) is 2. The number of unbranched alkanes of at least 4 members (excludes halogenated alkanes) is 2. The molecule has 0 heterocycles. The van der Waals surface area contributed by atoms with E-state index in [1.165, 1.54) is 0 Å². The first-order chi connectivity index (χ1) is 11.1. The lowest BCUT2D eigenvalue weighted by atomic mass is 10.0. The van der Waals surface area contributed by atoms with Gasteiger partial charge in [-0.3, -0.25) is 9.69 Å². The van der Waals surface area contributed by atoms with Gasteiger partial charge in [0.1, 0.15) is 6.04 Å². The van der Waals surface area contributed by atoms with Gasteiger partial charge in [-0.05, 0) is 43.6 Å². The van der Waals surface area contributed by atoms with Crippen LogP contribution in [0, 0.1) is 0 Å². The van der Waals surface area contributed by atoms with Gasteiger partial charge in [0.25, 0.3) is 0 Å². The molecule has 5 heteroatoms. The summed E-state index contributed by atoms with van der Waals surface area (Å²) in [5, 5.41) is 0. The molecule has 0 aliphatic rings. The van der Waals surface area contributed by atoms with Crippen molar-refractivity contribution in [2.75, 3.05) is 27.3 Å². The Morgan fingerprint density at radius 1 is 1.09 bits per heavy atom. The lowest BCUT2D eigenvalue weighted by Gasteiger charge is -2.30. The second-order valence-electron chi connectivity index (χ2n) is 5.66. The van der Waals surface area contributed by atoms with E-state index < -0.39 is 6.04 Å². The molecular weight excluding hydrogens is 292 g/mol. The van der Waals surface area contributed by atoms with Crippen LogP contribution in [0.3, 0.4) is 0 Å². The molecule has 1 atom stereocenters. The number of carbonyl (C=O) groups is 1. The Bertz CT molecular complexity index is 483. The lowest BCUT2D eigenvalue weighted by Crippen LogP contribution is -2.39. The summed E-state index contributed by atoms with van der Waals surface area (Å²) in [6.45, 7) is 6.01. The number of methoxy groups -OCH3 is 2. The van der Waals surface area contributed by atoms with Gasteiger partial charge in [-0.1, -0.05) is 32.8 Å². The highest BCUT2D eigenvalue weighted by Gasteiger charge is 2.26. The van der Waals surface area contributed by atoms with Crippen LogP contribution in [0.4, 0.5) is 0 Å². The maximum absolute atomic E-state index is 12.1. The molecule has 0 aliphatic carbocycles. The number of nitrogens with two attached hydrogens (primary N) is 1. The summed E-state index contributed by atoms with van der Waals surface area (Å²) in [5.41, 5.74) is 6.57. The number of hydrogen-bond donors (Lipinski definition) is 1. The average Bonchev–Trinajstić information content (AvgIpc) is 2.56. The molecule has 1 aromatic carbocycles. The van der Waals surface area contributed by atoms with Crippen LogP contribution in [-0.4, -0.2) is 38.1 Å². The zero-order chi connectivity index (χ0) is 17.2. The predicted octanol–water partition coefficient (Wildman–Crippen LogP) is 3.13. The van der Waals surface area contributed by atoms with Crippen molar-refractivity contribution in [2.45, 2.75) is 45.6 Å². The molecule has 0 aromatic heterocycles. The Morgan fingerprint density at radius 2 is 1.65 bits per heavy atom. The van der Waals surface area contributed by atoms with Gasteiger partial charge in [0.15, 0.2) is 11.5 Å². The summed E-state index contributed by atoms with van der Waals surface area (Å²) in [4.78, 5) is 14.3. The van der Waals surface area contributed by atoms with Gasteiger partial charge in [-0.25, -0.2) is 0 Å². The first-order valence-corrected chi connectivity index (χ1v) is 8.34. The third-order valence-electron chi connectivity index (χ3n) is 3.96. The van der Waals surface area contributed by atoms with Crippen molar-refractivity contribution in [3.8, 4) is 11.5 Å². The van der Waals surface area contributed by atoms with E-state index in [-0.39, 0.29) is 5.91 Å². The monoisotopic (exact) mass is 322 g/mol. The minimum absolute atomic E-state index is 0.329. The van der Waals surface area contributed by atoms with Crippen molar-refractivity contribution in [1.29, 1.82) is 0 Å². The van der Waals surface area contributed by atoms with Crippen LogP contribution in [0.2, 0.25) is 0 Å². The minimum atomic E-state index is -0.437.